The molecule has 1 aliphatic rings. The quantitative estimate of drug-likeness (QED) is 0.581. The monoisotopic (exact) mass is 294 g/mol. The van der Waals surface area contributed by atoms with Gasteiger partial charge in [-0.3, -0.25) is 0 Å². The van der Waals surface area contributed by atoms with Crippen LogP contribution in [0.3, 0.4) is 0 Å². The van der Waals surface area contributed by atoms with Crippen LogP contribution in [0.5, 0.6) is 0 Å². The highest BCUT2D eigenvalue weighted by Gasteiger charge is 2.21. The van der Waals surface area contributed by atoms with Gasteiger partial charge in [-0.1, -0.05) is 88.4 Å². The zero-order valence-electron chi connectivity index (χ0n) is 14.2. The van der Waals surface area contributed by atoms with E-state index in [4.69, 9.17) is 0 Å². The van der Waals surface area contributed by atoms with Gasteiger partial charge in [0.25, 0.3) is 0 Å². The lowest BCUT2D eigenvalue weighted by Crippen LogP contribution is -2.18. The van der Waals surface area contributed by atoms with Crippen molar-refractivity contribution in [3.63, 3.8) is 0 Å². The first-order valence-electron chi connectivity index (χ1n) is 9.20. The van der Waals surface area contributed by atoms with Crippen LogP contribution in [-0.4, -0.2) is 0 Å². The van der Waals surface area contributed by atoms with E-state index in [-0.39, 0.29) is 0 Å². The Morgan fingerprint density at radius 1 is 0.909 bits per heavy atom. The Hall–Kier alpha value is -1.30. The van der Waals surface area contributed by atoms with Crippen molar-refractivity contribution in [2.24, 2.45) is 17.8 Å². The van der Waals surface area contributed by atoms with E-state index in [1.807, 2.05) is 0 Å². The molecule has 0 aromatic heterocycles. The van der Waals surface area contributed by atoms with Crippen molar-refractivity contribution in [3.8, 4) is 0 Å². The van der Waals surface area contributed by atoms with Gasteiger partial charge in [0.15, 0.2) is 0 Å². The second-order valence-electron chi connectivity index (χ2n) is 7.63. The lowest BCUT2D eigenvalue weighted by atomic mass is 9.77. The number of rotatable bonds is 5. The van der Waals surface area contributed by atoms with Crippen molar-refractivity contribution in [3.05, 3.63) is 48.0 Å². The molecule has 1 fully saturated rings. The van der Waals surface area contributed by atoms with Crippen LogP contribution in [0.15, 0.2) is 42.5 Å². The van der Waals surface area contributed by atoms with E-state index < -0.39 is 0 Å². The van der Waals surface area contributed by atoms with Crippen molar-refractivity contribution in [1.29, 1.82) is 0 Å². The summed E-state index contributed by atoms with van der Waals surface area (Å²) in [6.07, 6.45) is 10.0. The second kappa shape index (κ2) is 7.31. The molecular weight excluding hydrogens is 264 g/mol. The lowest BCUT2D eigenvalue weighted by molar-refractivity contribution is 0.246. The van der Waals surface area contributed by atoms with Gasteiger partial charge in [0.2, 0.25) is 0 Å². The number of fused-ring (bicyclic) bond motifs is 1. The standard InChI is InChI=1S/C22H30/c1-17(2)22(14-18-8-4-3-5-9-18)16-19-12-13-20-10-6-7-11-21(20)15-19/h6-7,10-13,15,17-18,22H,3-5,8-9,14,16H2,1-2H3. The summed E-state index contributed by atoms with van der Waals surface area (Å²) in [6.45, 7) is 4.82. The summed E-state index contributed by atoms with van der Waals surface area (Å²) in [7, 11) is 0. The van der Waals surface area contributed by atoms with Crippen molar-refractivity contribution in [2.45, 2.75) is 58.8 Å². The summed E-state index contributed by atoms with van der Waals surface area (Å²) in [6, 6.07) is 15.8. The second-order valence-corrected chi connectivity index (χ2v) is 7.63. The third-order valence-electron chi connectivity index (χ3n) is 5.62. The first-order chi connectivity index (χ1) is 10.7. The molecule has 1 saturated carbocycles. The molecule has 0 heterocycles. The number of benzene rings is 2. The molecule has 0 N–H and O–H groups in total. The molecule has 2 aromatic carbocycles. The zero-order valence-corrected chi connectivity index (χ0v) is 14.2. The van der Waals surface area contributed by atoms with Gasteiger partial charge < -0.3 is 0 Å². The minimum atomic E-state index is 0.786. The summed E-state index contributed by atoms with van der Waals surface area (Å²) in [5, 5.41) is 2.75. The van der Waals surface area contributed by atoms with E-state index in [1.165, 1.54) is 61.3 Å². The molecule has 0 spiro atoms. The van der Waals surface area contributed by atoms with Crippen LogP contribution in [0.2, 0.25) is 0 Å². The van der Waals surface area contributed by atoms with Crippen LogP contribution < -0.4 is 0 Å². The summed E-state index contributed by atoms with van der Waals surface area (Å²) >= 11 is 0. The zero-order chi connectivity index (χ0) is 15.4. The summed E-state index contributed by atoms with van der Waals surface area (Å²) in [4.78, 5) is 0. The van der Waals surface area contributed by atoms with Gasteiger partial charge in [-0.05, 0) is 46.9 Å². The molecule has 1 atom stereocenters. The molecule has 0 saturated heterocycles. The highest BCUT2D eigenvalue weighted by atomic mass is 14.3. The molecule has 3 rings (SSSR count). The van der Waals surface area contributed by atoms with Gasteiger partial charge >= 0.3 is 0 Å². The molecule has 0 radical (unpaired) electrons. The number of hydrogen-bond acceptors (Lipinski definition) is 0. The molecule has 0 amide bonds. The first-order valence-corrected chi connectivity index (χ1v) is 9.20. The highest BCUT2D eigenvalue weighted by Crippen LogP contribution is 2.33. The highest BCUT2D eigenvalue weighted by molar-refractivity contribution is 5.82. The maximum atomic E-state index is 2.41. The van der Waals surface area contributed by atoms with Crippen LogP contribution in [0.1, 0.15) is 57.9 Å². The van der Waals surface area contributed by atoms with Gasteiger partial charge in [-0.15, -0.1) is 0 Å². The van der Waals surface area contributed by atoms with Gasteiger partial charge in [-0.2, -0.15) is 0 Å². The average Bonchev–Trinajstić information content (AvgIpc) is 2.55. The fourth-order valence-electron chi connectivity index (χ4n) is 4.11. The van der Waals surface area contributed by atoms with Crippen LogP contribution in [0.25, 0.3) is 10.8 Å². The molecule has 0 nitrogen and oxygen atoms in total. The Morgan fingerprint density at radius 3 is 2.36 bits per heavy atom. The molecule has 2 aromatic rings. The van der Waals surface area contributed by atoms with Gasteiger partial charge in [0, 0.05) is 0 Å². The van der Waals surface area contributed by atoms with E-state index in [1.54, 1.807) is 0 Å². The summed E-state index contributed by atoms with van der Waals surface area (Å²) < 4.78 is 0. The smallest absolute Gasteiger partial charge is 0.0181 e. The van der Waals surface area contributed by atoms with Crippen LogP contribution in [-0.2, 0) is 6.42 Å². The predicted molar refractivity (Wildman–Crippen MR) is 97.2 cm³/mol. The normalized spacial score (nSPS) is 18.0. The Morgan fingerprint density at radius 2 is 1.64 bits per heavy atom. The van der Waals surface area contributed by atoms with Gasteiger partial charge in [0.05, 0.1) is 0 Å². The maximum absolute atomic E-state index is 2.41. The molecule has 22 heavy (non-hydrogen) atoms. The average molecular weight is 294 g/mol. The first kappa shape index (κ1) is 15.6. The Balaban J connectivity index is 1.71. The van der Waals surface area contributed by atoms with E-state index in [2.05, 4.69) is 56.3 Å². The Bertz CT molecular complexity index is 590. The third-order valence-corrected chi connectivity index (χ3v) is 5.62. The largest absolute Gasteiger partial charge is 0.0625 e. The van der Waals surface area contributed by atoms with Crippen molar-refractivity contribution >= 4 is 10.8 Å². The molecule has 0 aliphatic heterocycles. The van der Waals surface area contributed by atoms with E-state index >= 15 is 0 Å². The van der Waals surface area contributed by atoms with Crippen LogP contribution in [0.4, 0.5) is 0 Å². The maximum Gasteiger partial charge on any atom is -0.0181 e. The predicted octanol–water partition coefficient (Wildman–Crippen LogP) is 6.62. The molecule has 1 unspecified atom stereocenters. The van der Waals surface area contributed by atoms with E-state index in [0.717, 1.165) is 17.8 Å². The Kier molecular flexibility index (Phi) is 5.18. The topological polar surface area (TPSA) is 0 Å². The van der Waals surface area contributed by atoms with Crippen molar-refractivity contribution < 1.29 is 0 Å². The van der Waals surface area contributed by atoms with E-state index in [9.17, 15) is 0 Å². The number of hydrogen-bond donors (Lipinski definition) is 0. The third kappa shape index (κ3) is 3.91. The van der Waals surface area contributed by atoms with Crippen LogP contribution >= 0.6 is 0 Å². The molecule has 118 valence electrons. The summed E-state index contributed by atoms with van der Waals surface area (Å²) in [5.41, 5.74) is 1.52. The molecule has 0 heteroatoms. The lowest BCUT2D eigenvalue weighted by Gasteiger charge is -2.29. The van der Waals surface area contributed by atoms with Crippen molar-refractivity contribution in [1.82, 2.24) is 0 Å². The van der Waals surface area contributed by atoms with Crippen molar-refractivity contribution in [2.75, 3.05) is 0 Å². The van der Waals surface area contributed by atoms with Crippen LogP contribution in [0, 0.1) is 17.8 Å². The molecular formula is C22H30. The summed E-state index contributed by atoms with van der Waals surface area (Å²) in [5.74, 6) is 2.61. The SMILES string of the molecule is CC(C)C(Cc1ccc2ccccc2c1)CC1CCCCC1. The van der Waals surface area contributed by atoms with Gasteiger partial charge in [-0.25, -0.2) is 0 Å². The Labute approximate surface area is 135 Å². The fourth-order valence-corrected chi connectivity index (χ4v) is 4.11. The minimum Gasteiger partial charge on any atom is -0.0625 e. The van der Waals surface area contributed by atoms with E-state index in [0.29, 0.717) is 0 Å². The minimum absolute atomic E-state index is 0.786. The fraction of sp³-hybridized carbons (Fsp3) is 0.545. The molecule has 0 bridgehead atoms. The van der Waals surface area contributed by atoms with Gasteiger partial charge in [0.1, 0.15) is 0 Å². The molecule has 1 aliphatic carbocycles.